The highest BCUT2D eigenvalue weighted by Crippen LogP contribution is 2.33. The summed E-state index contributed by atoms with van der Waals surface area (Å²) in [6.45, 7) is 2.72. The molecule has 4 rings (SSSR count). The summed E-state index contributed by atoms with van der Waals surface area (Å²) < 4.78 is 25.0. The van der Waals surface area contributed by atoms with Gasteiger partial charge in [0.05, 0.1) is 17.9 Å². The molecule has 9 nitrogen and oxygen atoms in total. The van der Waals surface area contributed by atoms with Crippen molar-refractivity contribution >= 4 is 23.6 Å². The molecule has 3 heterocycles. The zero-order chi connectivity index (χ0) is 22.0. The van der Waals surface area contributed by atoms with Gasteiger partial charge >= 0.3 is 6.09 Å². The fraction of sp³-hybridized carbons (Fsp3) is 0.429. The number of cyclic esters (lactones) is 1. The van der Waals surface area contributed by atoms with Crippen molar-refractivity contribution in [3.63, 3.8) is 0 Å². The average Bonchev–Trinajstić information content (AvgIpc) is 3.42. The third-order valence-electron chi connectivity index (χ3n) is 5.68. The van der Waals surface area contributed by atoms with Crippen LogP contribution in [0.3, 0.4) is 0 Å². The average molecular weight is 430 g/mol. The van der Waals surface area contributed by atoms with Crippen LogP contribution in [0.2, 0.25) is 0 Å². The summed E-state index contributed by atoms with van der Waals surface area (Å²) >= 11 is 0. The van der Waals surface area contributed by atoms with Gasteiger partial charge in [-0.05, 0) is 36.5 Å². The van der Waals surface area contributed by atoms with E-state index in [0.29, 0.717) is 37.2 Å². The summed E-state index contributed by atoms with van der Waals surface area (Å²) in [6.07, 6.45) is 2.09. The minimum absolute atomic E-state index is 0.0338. The lowest BCUT2D eigenvalue weighted by Gasteiger charge is -2.32. The highest BCUT2D eigenvalue weighted by Gasteiger charge is 2.35. The first-order chi connectivity index (χ1) is 14.9. The van der Waals surface area contributed by atoms with E-state index >= 15 is 0 Å². The maximum atomic E-state index is 15.0. The Morgan fingerprint density at radius 2 is 2.03 bits per heavy atom. The molecule has 164 valence electrons. The molecule has 2 aromatic rings. The predicted molar refractivity (Wildman–Crippen MR) is 107 cm³/mol. The zero-order valence-corrected chi connectivity index (χ0v) is 17.0. The van der Waals surface area contributed by atoms with Crippen molar-refractivity contribution in [1.82, 2.24) is 15.4 Å². The molecule has 2 fully saturated rings. The number of carbonyl (C=O) groups is 3. The first kappa shape index (κ1) is 20.8. The van der Waals surface area contributed by atoms with Gasteiger partial charge in [0, 0.05) is 32.6 Å². The fourth-order valence-corrected chi connectivity index (χ4v) is 4.06. The van der Waals surface area contributed by atoms with Gasteiger partial charge in [0.15, 0.2) is 0 Å². The second-order valence-corrected chi connectivity index (χ2v) is 7.69. The number of rotatable bonds is 5. The van der Waals surface area contributed by atoms with Crippen LogP contribution >= 0.6 is 0 Å². The first-order valence-corrected chi connectivity index (χ1v) is 10.1. The molecule has 0 saturated carbocycles. The van der Waals surface area contributed by atoms with Crippen molar-refractivity contribution in [1.29, 1.82) is 0 Å². The monoisotopic (exact) mass is 430 g/mol. The summed E-state index contributed by atoms with van der Waals surface area (Å²) in [6, 6.07) is 5.83. The summed E-state index contributed by atoms with van der Waals surface area (Å²) in [5.41, 5.74) is 0.943. The Morgan fingerprint density at radius 3 is 2.68 bits per heavy atom. The molecule has 0 bridgehead atoms. The number of nitrogens with one attached hydrogen (secondary N) is 1. The number of benzene rings is 1. The number of nitrogens with zero attached hydrogens (tertiary/aromatic N) is 3. The lowest BCUT2D eigenvalue weighted by atomic mass is 9.88. The number of carbonyl (C=O) groups excluding carboxylic acids is 3. The Morgan fingerprint density at radius 1 is 1.26 bits per heavy atom. The normalized spacial score (nSPS) is 19.4. The summed E-state index contributed by atoms with van der Waals surface area (Å²) in [5.74, 6) is -0.678. The maximum Gasteiger partial charge on any atom is 0.414 e. The molecule has 2 aliphatic heterocycles. The van der Waals surface area contributed by atoms with Gasteiger partial charge in [0.2, 0.25) is 11.7 Å². The number of ether oxygens (including phenoxy) is 1. The molecule has 0 spiro atoms. The molecule has 1 aromatic heterocycles. The van der Waals surface area contributed by atoms with Crippen molar-refractivity contribution in [3.05, 3.63) is 47.6 Å². The molecule has 2 saturated heterocycles. The number of piperidine rings is 1. The molecule has 3 amide bonds. The minimum atomic E-state index is -0.568. The van der Waals surface area contributed by atoms with Gasteiger partial charge in [-0.1, -0.05) is 11.2 Å². The van der Waals surface area contributed by atoms with E-state index in [2.05, 4.69) is 10.5 Å². The SMILES string of the molecule is CC(=O)NC[C@H]1COC(=O)N1c1ccc(C2CCN(C(=O)c3ccno3)CC2)c(F)c1. The second kappa shape index (κ2) is 8.75. The number of likely N-dealkylation sites (tertiary alicyclic amines) is 1. The van der Waals surface area contributed by atoms with Gasteiger partial charge in [-0.15, -0.1) is 0 Å². The van der Waals surface area contributed by atoms with Gasteiger partial charge in [-0.3, -0.25) is 14.5 Å². The summed E-state index contributed by atoms with van der Waals surface area (Å²) in [5, 5.41) is 6.21. The third kappa shape index (κ3) is 4.37. The Bertz CT molecular complexity index is 972. The zero-order valence-electron chi connectivity index (χ0n) is 17.0. The number of hydrogen-bond acceptors (Lipinski definition) is 6. The Hall–Kier alpha value is -3.43. The molecule has 1 aromatic carbocycles. The number of halogens is 1. The number of aromatic nitrogens is 1. The van der Waals surface area contributed by atoms with Crippen molar-refractivity contribution in [3.8, 4) is 0 Å². The third-order valence-corrected chi connectivity index (χ3v) is 5.68. The molecular weight excluding hydrogens is 407 g/mol. The largest absolute Gasteiger partial charge is 0.447 e. The van der Waals surface area contributed by atoms with Crippen LogP contribution in [0.15, 0.2) is 35.0 Å². The maximum absolute atomic E-state index is 15.0. The molecular formula is C21H23FN4O5. The van der Waals surface area contributed by atoms with Crippen molar-refractivity contribution in [2.45, 2.75) is 31.7 Å². The van der Waals surface area contributed by atoms with Gasteiger partial charge in [-0.25, -0.2) is 9.18 Å². The molecule has 0 unspecified atom stereocenters. The smallest absolute Gasteiger partial charge is 0.414 e. The first-order valence-electron chi connectivity index (χ1n) is 10.1. The van der Waals surface area contributed by atoms with Crippen LogP contribution in [0, 0.1) is 5.82 Å². The molecule has 0 aliphatic carbocycles. The van der Waals surface area contributed by atoms with E-state index in [-0.39, 0.29) is 36.6 Å². The van der Waals surface area contributed by atoms with Crippen LogP contribution < -0.4 is 10.2 Å². The topological polar surface area (TPSA) is 105 Å². The van der Waals surface area contributed by atoms with Crippen molar-refractivity contribution in [2.75, 3.05) is 31.1 Å². The summed E-state index contributed by atoms with van der Waals surface area (Å²) in [7, 11) is 0. The standard InChI is InChI=1S/C21H23FN4O5/c1-13(27)23-11-16-12-30-21(29)26(16)15-2-3-17(18(22)10-15)14-5-8-25(9-6-14)20(28)19-4-7-24-31-19/h2-4,7,10,14,16H,5-6,8-9,11-12H2,1H3,(H,23,27)/t16-/m0/s1. The second-order valence-electron chi connectivity index (χ2n) is 7.69. The van der Waals surface area contributed by atoms with Crippen molar-refractivity contribution < 1.29 is 28.0 Å². The Balaban J connectivity index is 1.43. The van der Waals surface area contributed by atoms with Crippen LogP contribution in [0.25, 0.3) is 0 Å². The summed E-state index contributed by atoms with van der Waals surface area (Å²) in [4.78, 5) is 38.7. The van der Waals surface area contributed by atoms with E-state index in [9.17, 15) is 18.8 Å². The number of hydrogen-bond donors (Lipinski definition) is 1. The molecule has 31 heavy (non-hydrogen) atoms. The van der Waals surface area contributed by atoms with Gasteiger partial charge in [-0.2, -0.15) is 0 Å². The number of anilines is 1. The highest BCUT2D eigenvalue weighted by molar-refractivity contribution is 5.91. The van der Waals surface area contributed by atoms with Gasteiger partial charge in [0.1, 0.15) is 12.4 Å². The predicted octanol–water partition coefficient (Wildman–Crippen LogP) is 2.29. The van der Waals surface area contributed by atoms with E-state index in [1.807, 2.05) is 0 Å². The molecule has 10 heteroatoms. The van der Waals surface area contributed by atoms with Crippen LogP contribution in [0.4, 0.5) is 14.9 Å². The van der Waals surface area contributed by atoms with Crippen LogP contribution in [0.5, 0.6) is 0 Å². The van der Waals surface area contributed by atoms with Gasteiger partial charge in [0.25, 0.3) is 5.91 Å². The lowest BCUT2D eigenvalue weighted by Crippen LogP contribution is -2.42. The minimum Gasteiger partial charge on any atom is -0.447 e. The lowest BCUT2D eigenvalue weighted by molar-refractivity contribution is -0.119. The van der Waals surface area contributed by atoms with Gasteiger partial charge < -0.3 is 19.5 Å². The quantitative estimate of drug-likeness (QED) is 0.781. The van der Waals surface area contributed by atoms with Crippen LogP contribution in [-0.2, 0) is 9.53 Å². The van der Waals surface area contributed by atoms with Crippen molar-refractivity contribution in [2.24, 2.45) is 0 Å². The van der Waals surface area contributed by atoms with Crippen LogP contribution in [-0.4, -0.2) is 60.2 Å². The van der Waals surface area contributed by atoms with E-state index < -0.39 is 18.0 Å². The van der Waals surface area contributed by atoms with Crippen LogP contribution in [0.1, 0.15) is 41.8 Å². The highest BCUT2D eigenvalue weighted by atomic mass is 19.1. The Labute approximate surface area is 178 Å². The van der Waals surface area contributed by atoms with E-state index in [4.69, 9.17) is 9.26 Å². The number of amides is 3. The van der Waals surface area contributed by atoms with E-state index in [0.717, 1.165) is 0 Å². The van der Waals surface area contributed by atoms with E-state index in [1.165, 1.54) is 30.2 Å². The molecule has 2 aliphatic rings. The fourth-order valence-electron chi connectivity index (χ4n) is 4.06. The molecule has 1 atom stereocenters. The molecule has 0 radical (unpaired) electrons. The Kier molecular flexibility index (Phi) is 5.88. The van der Waals surface area contributed by atoms with E-state index in [1.54, 1.807) is 17.0 Å². The molecule has 1 N–H and O–H groups in total.